The summed E-state index contributed by atoms with van der Waals surface area (Å²) in [5, 5.41) is 0. The van der Waals surface area contributed by atoms with Gasteiger partial charge >= 0.3 is 0 Å². The standard InChI is InChI=1S/C12H16N2/c1-4-5-11-13-9(3)8(2)12(14-11)10-6-7-10/h4-5,10H,6-7H2,1-3H3/b5-4+. The summed E-state index contributed by atoms with van der Waals surface area (Å²) >= 11 is 0. The second-order valence-electron chi connectivity index (χ2n) is 3.95. The maximum absolute atomic E-state index is 4.59. The molecule has 1 heterocycles. The summed E-state index contributed by atoms with van der Waals surface area (Å²) in [6, 6.07) is 0. The number of nitrogens with zero attached hydrogens (tertiary/aromatic N) is 2. The lowest BCUT2D eigenvalue weighted by atomic mass is 10.1. The van der Waals surface area contributed by atoms with Crippen molar-refractivity contribution in [2.45, 2.75) is 39.5 Å². The molecule has 14 heavy (non-hydrogen) atoms. The molecule has 0 aliphatic heterocycles. The number of hydrogen-bond donors (Lipinski definition) is 0. The van der Waals surface area contributed by atoms with Crippen molar-refractivity contribution < 1.29 is 0 Å². The molecule has 1 aromatic rings. The molecule has 1 saturated carbocycles. The van der Waals surface area contributed by atoms with Gasteiger partial charge in [-0.15, -0.1) is 0 Å². The minimum absolute atomic E-state index is 0.709. The molecule has 1 aliphatic rings. The van der Waals surface area contributed by atoms with Crippen LogP contribution in [0.1, 0.15) is 48.5 Å². The SMILES string of the molecule is C/C=C/c1nc(C)c(C)c(C2CC2)n1. The van der Waals surface area contributed by atoms with Gasteiger partial charge in [0.15, 0.2) is 5.82 Å². The quantitative estimate of drug-likeness (QED) is 0.713. The van der Waals surface area contributed by atoms with E-state index in [1.807, 2.05) is 19.1 Å². The average molecular weight is 188 g/mol. The lowest BCUT2D eigenvalue weighted by Gasteiger charge is -2.07. The molecule has 1 aliphatic carbocycles. The first-order chi connectivity index (χ1) is 6.72. The minimum Gasteiger partial charge on any atom is -0.234 e. The van der Waals surface area contributed by atoms with Crippen molar-refractivity contribution in [2.24, 2.45) is 0 Å². The third-order valence-electron chi connectivity index (χ3n) is 2.72. The molecule has 1 aromatic heterocycles. The summed E-state index contributed by atoms with van der Waals surface area (Å²) < 4.78 is 0. The van der Waals surface area contributed by atoms with Crippen LogP contribution in [0.15, 0.2) is 6.08 Å². The smallest absolute Gasteiger partial charge is 0.152 e. The average Bonchev–Trinajstić information content (AvgIpc) is 2.94. The number of allylic oxidation sites excluding steroid dienone is 1. The van der Waals surface area contributed by atoms with Gasteiger partial charge < -0.3 is 0 Å². The first kappa shape index (κ1) is 9.38. The Balaban J connectivity index is 2.46. The highest BCUT2D eigenvalue weighted by atomic mass is 14.9. The summed E-state index contributed by atoms with van der Waals surface area (Å²) in [6.07, 6.45) is 6.55. The third kappa shape index (κ3) is 1.69. The van der Waals surface area contributed by atoms with Gasteiger partial charge in [0.2, 0.25) is 0 Å². The molecule has 0 N–H and O–H groups in total. The van der Waals surface area contributed by atoms with Gasteiger partial charge in [-0.25, -0.2) is 9.97 Å². The van der Waals surface area contributed by atoms with Crippen LogP contribution in [0.2, 0.25) is 0 Å². The Hall–Kier alpha value is -1.18. The maximum atomic E-state index is 4.59. The van der Waals surface area contributed by atoms with Crippen molar-refractivity contribution in [3.8, 4) is 0 Å². The molecule has 2 heteroatoms. The van der Waals surface area contributed by atoms with Crippen LogP contribution >= 0.6 is 0 Å². The van der Waals surface area contributed by atoms with Gasteiger partial charge in [-0.2, -0.15) is 0 Å². The second kappa shape index (κ2) is 3.52. The van der Waals surface area contributed by atoms with E-state index in [2.05, 4.69) is 23.8 Å². The van der Waals surface area contributed by atoms with Gasteiger partial charge in [0.1, 0.15) is 0 Å². The Labute approximate surface area is 85.1 Å². The zero-order valence-electron chi connectivity index (χ0n) is 9.04. The molecule has 0 atom stereocenters. The summed E-state index contributed by atoms with van der Waals surface area (Å²) in [5.41, 5.74) is 3.67. The van der Waals surface area contributed by atoms with Crippen molar-refractivity contribution >= 4 is 6.08 Å². The molecule has 0 saturated heterocycles. The van der Waals surface area contributed by atoms with E-state index in [0.29, 0.717) is 5.92 Å². The lowest BCUT2D eigenvalue weighted by Crippen LogP contribution is -2.01. The lowest BCUT2D eigenvalue weighted by molar-refractivity contribution is 0.923. The predicted octanol–water partition coefficient (Wildman–Crippen LogP) is 3.00. The van der Waals surface area contributed by atoms with Crippen molar-refractivity contribution in [2.75, 3.05) is 0 Å². The molecular formula is C12H16N2. The van der Waals surface area contributed by atoms with E-state index in [1.165, 1.54) is 24.1 Å². The van der Waals surface area contributed by atoms with Crippen molar-refractivity contribution in [1.82, 2.24) is 9.97 Å². The normalized spacial score (nSPS) is 16.5. The van der Waals surface area contributed by atoms with Crippen LogP contribution in [0.25, 0.3) is 6.08 Å². The molecule has 0 amide bonds. The van der Waals surface area contributed by atoms with Crippen LogP contribution in [0.4, 0.5) is 0 Å². The highest BCUT2D eigenvalue weighted by molar-refractivity contribution is 5.42. The van der Waals surface area contributed by atoms with Crippen molar-refractivity contribution in [3.05, 3.63) is 28.9 Å². The Morgan fingerprint density at radius 1 is 1.21 bits per heavy atom. The summed E-state index contributed by atoms with van der Waals surface area (Å²) in [7, 11) is 0. The number of aromatic nitrogens is 2. The minimum atomic E-state index is 0.709. The summed E-state index contributed by atoms with van der Waals surface area (Å²) in [4.78, 5) is 9.02. The topological polar surface area (TPSA) is 25.8 Å². The second-order valence-corrected chi connectivity index (χ2v) is 3.95. The van der Waals surface area contributed by atoms with E-state index in [0.717, 1.165) is 11.5 Å². The molecule has 0 bridgehead atoms. The molecule has 2 rings (SSSR count). The van der Waals surface area contributed by atoms with Crippen molar-refractivity contribution in [1.29, 1.82) is 0 Å². The number of rotatable bonds is 2. The Bertz CT molecular complexity index is 376. The van der Waals surface area contributed by atoms with Crippen molar-refractivity contribution in [3.63, 3.8) is 0 Å². The first-order valence-corrected chi connectivity index (χ1v) is 5.20. The first-order valence-electron chi connectivity index (χ1n) is 5.20. The molecular weight excluding hydrogens is 172 g/mol. The van der Waals surface area contributed by atoms with E-state index >= 15 is 0 Å². The van der Waals surface area contributed by atoms with Crippen LogP contribution < -0.4 is 0 Å². The van der Waals surface area contributed by atoms with Crippen LogP contribution in [-0.2, 0) is 0 Å². The Kier molecular flexibility index (Phi) is 2.36. The molecule has 0 radical (unpaired) electrons. The van der Waals surface area contributed by atoms with Crippen LogP contribution in [0.5, 0.6) is 0 Å². The molecule has 0 aromatic carbocycles. The molecule has 2 nitrogen and oxygen atoms in total. The molecule has 1 fully saturated rings. The van der Waals surface area contributed by atoms with Crippen LogP contribution in [0, 0.1) is 13.8 Å². The van der Waals surface area contributed by atoms with Gasteiger partial charge in [0.25, 0.3) is 0 Å². The monoisotopic (exact) mass is 188 g/mol. The van der Waals surface area contributed by atoms with Crippen LogP contribution in [-0.4, -0.2) is 9.97 Å². The molecule has 0 spiro atoms. The summed E-state index contributed by atoms with van der Waals surface area (Å²) in [5.74, 6) is 1.57. The highest BCUT2D eigenvalue weighted by Gasteiger charge is 2.27. The zero-order chi connectivity index (χ0) is 10.1. The highest BCUT2D eigenvalue weighted by Crippen LogP contribution is 2.40. The fraction of sp³-hybridized carbons (Fsp3) is 0.500. The van der Waals surface area contributed by atoms with Gasteiger partial charge in [-0.05, 0) is 45.3 Å². The Morgan fingerprint density at radius 2 is 1.93 bits per heavy atom. The van der Waals surface area contributed by atoms with E-state index in [9.17, 15) is 0 Å². The van der Waals surface area contributed by atoms with Gasteiger partial charge in [-0.3, -0.25) is 0 Å². The summed E-state index contributed by atoms with van der Waals surface area (Å²) in [6.45, 7) is 6.19. The van der Waals surface area contributed by atoms with Crippen LogP contribution in [0.3, 0.4) is 0 Å². The van der Waals surface area contributed by atoms with Gasteiger partial charge in [-0.1, -0.05) is 6.08 Å². The predicted molar refractivity (Wildman–Crippen MR) is 58.2 cm³/mol. The third-order valence-corrected chi connectivity index (χ3v) is 2.72. The van der Waals surface area contributed by atoms with Gasteiger partial charge in [0.05, 0.1) is 5.69 Å². The van der Waals surface area contributed by atoms with Gasteiger partial charge in [0, 0.05) is 11.6 Å². The Morgan fingerprint density at radius 3 is 2.50 bits per heavy atom. The van der Waals surface area contributed by atoms with E-state index in [4.69, 9.17) is 0 Å². The molecule has 0 unspecified atom stereocenters. The van der Waals surface area contributed by atoms with E-state index in [-0.39, 0.29) is 0 Å². The zero-order valence-corrected chi connectivity index (χ0v) is 9.04. The molecule has 74 valence electrons. The fourth-order valence-corrected chi connectivity index (χ4v) is 1.65. The van der Waals surface area contributed by atoms with E-state index in [1.54, 1.807) is 0 Å². The maximum Gasteiger partial charge on any atom is 0.152 e. The van der Waals surface area contributed by atoms with E-state index < -0.39 is 0 Å². The number of aryl methyl sites for hydroxylation is 1. The fourth-order valence-electron chi connectivity index (χ4n) is 1.65. The number of hydrogen-bond acceptors (Lipinski definition) is 2. The largest absolute Gasteiger partial charge is 0.234 e.